The van der Waals surface area contributed by atoms with Gasteiger partial charge in [0.2, 0.25) is 12.2 Å². The van der Waals surface area contributed by atoms with Gasteiger partial charge in [-0.25, -0.2) is 0 Å². The van der Waals surface area contributed by atoms with Gasteiger partial charge in [-0.1, -0.05) is 41.4 Å². The number of amides is 1. The molecule has 7 rings (SSSR count). The molecule has 0 unspecified atom stereocenters. The van der Waals surface area contributed by atoms with Crippen molar-refractivity contribution in [3.8, 4) is 0 Å². The second-order valence-electron chi connectivity index (χ2n) is 9.69. The summed E-state index contributed by atoms with van der Waals surface area (Å²) in [5.74, 6) is 0.562. The number of aromatic nitrogens is 3. The van der Waals surface area contributed by atoms with E-state index < -0.39 is 10.3 Å². The minimum absolute atomic E-state index is 0.0666. The van der Waals surface area contributed by atoms with E-state index in [-0.39, 0.29) is 17.4 Å². The van der Waals surface area contributed by atoms with E-state index in [1.165, 1.54) is 6.33 Å². The van der Waals surface area contributed by atoms with Gasteiger partial charge in [-0.15, -0.1) is 0 Å². The van der Waals surface area contributed by atoms with Gasteiger partial charge in [-0.05, 0) is 66.7 Å². The van der Waals surface area contributed by atoms with Crippen molar-refractivity contribution in [3.05, 3.63) is 58.9 Å². The molecule has 2 aromatic carbocycles. The molecule has 4 aliphatic rings. The molecule has 1 amide bonds. The maximum atomic E-state index is 13.7. The molecular formula is C23H23N5O3. The number of nitrogens with one attached hydrogen (secondary N) is 1. The van der Waals surface area contributed by atoms with E-state index in [2.05, 4.69) is 15.4 Å². The summed E-state index contributed by atoms with van der Waals surface area (Å²) in [6, 6.07) is 14.0. The fourth-order valence-electron chi connectivity index (χ4n) is 6.90. The summed E-state index contributed by atoms with van der Waals surface area (Å²) in [6.07, 6.45) is 6.84. The fraction of sp³-hybridized carbons (Fsp3) is 0.435. The van der Waals surface area contributed by atoms with Gasteiger partial charge < -0.3 is 15.4 Å². The van der Waals surface area contributed by atoms with Gasteiger partial charge in [0.25, 0.3) is 0 Å². The molecule has 0 radical (unpaired) electrons. The first-order valence-electron chi connectivity index (χ1n) is 10.8. The third-order valence-electron chi connectivity index (χ3n) is 7.68. The lowest BCUT2D eigenvalue weighted by Gasteiger charge is -2.60. The van der Waals surface area contributed by atoms with Gasteiger partial charge in [0.1, 0.15) is 0 Å². The van der Waals surface area contributed by atoms with Gasteiger partial charge in [0.15, 0.2) is 0 Å². The first-order valence-corrected chi connectivity index (χ1v) is 10.8. The van der Waals surface area contributed by atoms with E-state index in [0.717, 1.165) is 48.6 Å². The average Bonchev–Trinajstić information content (AvgIpc) is 3.25. The van der Waals surface area contributed by atoms with Gasteiger partial charge in [-0.3, -0.25) is 4.79 Å². The normalized spacial score (nSPS) is 31.1. The van der Waals surface area contributed by atoms with Gasteiger partial charge in [-0.2, -0.15) is 4.68 Å². The summed E-state index contributed by atoms with van der Waals surface area (Å²) in [5.41, 5.74) is 0.00714. The fourth-order valence-corrected chi connectivity index (χ4v) is 6.90. The minimum atomic E-state index is -0.556. The van der Waals surface area contributed by atoms with Crippen LogP contribution in [0.5, 0.6) is 0 Å². The molecule has 0 saturated heterocycles. The molecule has 1 heterocycles. The molecule has 4 fully saturated rings. The largest absolute Gasteiger partial charge is 0.490 e. The molecule has 8 heteroatoms. The van der Waals surface area contributed by atoms with Crippen molar-refractivity contribution in [2.45, 2.75) is 44.1 Å². The zero-order chi connectivity index (χ0) is 21.2. The second kappa shape index (κ2) is 6.35. The van der Waals surface area contributed by atoms with Crippen LogP contribution in [0.25, 0.3) is 10.8 Å². The number of rotatable bonds is 4. The maximum absolute atomic E-state index is 13.7. The molecule has 1 N–H and O–H groups in total. The van der Waals surface area contributed by atoms with Crippen LogP contribution >= 0.6 is 0 Å². The monoisotopic (exact) mass is 417 g/mol. The van der Waals surface area contributed by atoms with Crippen molar-refractivity contribution in [3.63, 3.8) is 0 Å². The summed E-state index contributed by atoms with van der Waals surface area (Å²) in [4.78, 5) is 28.2. The van der Waals surface area contributed by atoms with Crippen molar-refractivity contribution in [1.29, 1.82) is 0 Å². The molecule has 31 heavy (non-hydrogen) atoms. The van der Waals surface area contributed by atoms with Crippen LogP contribution in [0.4, 0.5) is 11.6 Å². The number of fused-ring (bicyclic) bond motifs is 1. The standard InChI is InChI=1S/C23H23N5O3/c29-20(25-19-7-3-5-17-4-1-2-6-18(17)19)22-9-15-8-16(10-22)12-23(11-15,13-22)27-14-24-21(26-27)28(30)31/h1-7,14-16H,8-13H2,(H,25,29)/t15-,16-,22?,23?/m0/s1. The van der Waals surface area contributed by atoms with Crippen LogP contribution in [0.3, 0.4) is 0 Å². The Morgan fingerprint density at radius 2 is 1.84 bits per heavy atom. The average molecular weight is 417 g/mol. The number of hydrogen-bond acceptors (Lipinski definition) is 5. The van der Waals surface area contributed by atoms with Crippen LogP contribution in [-0.2, 0) is 10.3 Å². The molecular weight excluding hydrogens is 394 g/mol. The number of carbonyl (C=O) groups excluding carboxylic acids is 1. The zero-order valence-corrected chi connectivity index (χ0v) is 17.0. The summed E-state index contributed by atoms with van der Waals surface area (Å²) in [5, 5.41) is 20.7. The SMILES string of the molecule is O=C(Nc1cccc2ccccc12)C12C[C@@H]3C[C@@H](C1)CC(n1cnc([N+](=O)[O-])n1)(C3)C2. The second-order valence-corrected chi connectivity index (χ2v) is 9.69. The molecule has 8 nitrogen and oxygen atoms in total. The predicted octanol–water partition coefficient (Wildman–Crippen LogP) is 4.27. The Balaban J connectivity index is 1.35. The minimum Gasteiger partial charge on any atom is -0.390 e. The Morgan fingerprint density at radius 1 is 1.10 bits per heavy atom. The molecule has 4 bridgehead atoms. The Labute approximate surface area is 178 Å². The number of nitrogens with zero attached hydrogens (tertiary/aromatic N) is 4. The van der Waals surface area contributed by atoms with E-state index in [0.29, 0.717) is 18.3 Å². The Hall–Kier alpha value is -3.29. The van der Waals surface area contributed by atoms with Crippen LogP contribution < -0.4 is 5.32 Å². The molecule has 4 aliphatic carbocycles. The third kappa shape index (κ3) is 2.77. The maximum Gasteiger partial charge on any atom is 0.490 e. The number of benzene rings is 2. The van der Waals surface area contributed by atoms with E-state index in [4.69, 9.17) is 0 Å². The molecule has 3 aromatic rings. The highest BCUT2D eigenvalue weighted by atomic mass is 16.6. The van der Waals surface area contributed by atoms with E-state index in [1.807, 2.05) is 42.5 Å². The summed E-state index contributed by atoms with van der Waals surface area (Å²) in [7, 11) is 0. The first-order chi connectivity index (χ1) is 15.0. The molecule has 4 saturated carbocycles. The van der Waals surface area contributed by atoms with Crippen LogP contribution in [-0.4, -0.2) is 25.6 Å². The zero-order valence-electron chi connectivity index (χ0n) is 17.0. The van der Waals surface area contributed by atoms with Crippen molar-refractivity contribution >= 4 is 28.3 Å². The van der Waals surface area contributed by atoms with Crippen molar-refractivity contribution in [2.75, 3.05) is 5.32 Å². The first kappa shape index (κ1) is 18.5. The smallest absolute Gasteiger partial charge is 0.390 e. The number of anilines is 1. The molecule has 1 aromatic heterocycles. The quantitative estimate of drug-likeness (QED) is 0.504. The summed E-state index contributed by atoms with van der Waals surface area (Å²) < 4.78 is 1.70. The van der Waals surface area contributed by atoms with Gasteiger partial charge in [0.05, 0.1) is 11.0 Å². The highest BCUT2D eigenvalue weighted by Gasteiger charge is 2.62. The number of hydrogen-bond donors (Lipinski definition) is 1. The molecule has 2 atom stereocenters. The van der Waals surface area contributed by atoms with Crippen molar-refractivity contribution in [2.24, 2.45) is 17.3 Å². The number of carbonyl (C=O) groups is 1. The topological polar surface area (TPSA) is 103 Å². The van der Waals surface area contributed by atoms with Gasteiger partial charge in [0, 0.05) is 16.2 Å². The summed E-state index contributed by atoms with van der Waals surface area (Å²) in [6.45, 7) is 0. The van der Waals surface area contributed by atoms with Crippen LogP contribution in [0.2, 0.25) is 0 Å². The summed E-state index contributed by atoms with van der Waals surface area (Å²) >= 11 is 0. The van der Waals surface area contributed by atoms with E-state index in [1.54, 1.807) is 4.68 Å². The van der Waals surface area contributed by atoms with E-state index >= 15 is 0 Å². The number of nitro groups is 1. The van der Waals surface area contributed by atoms with Crippen molar-refractivity contribution in [1.82, 2.24) is 14.8 Å². The van der Waals surface area contributed by atoms with Gasteiger partial charge >= 0.3 is 5.95 Å². The highest BCUT2D eigenvalue weighted by molar-refractivity contribution is 6.04. The lowest BCUT2D eigenvalue weighted by Crippen LogP contribution is -2.60. The lowest BCUT2D eigenvalue weighted by molar-refractivity contribution is -0.394. The van der Waals surface area contributed by atoms with Crippen LogP contribution in [0.15, 0.2) is 48.8 Å². The Bertz CT molecular complexity index is 1200. The van der Waals surface area contributed by atoms with Crippen LogP contribution in [0.1, 0.15) is 38.5 Å². The third-order valence-corrected chi connectivity index (χ3v) is 7.68. The highest BCUT2D eigenvalue weighted by Crippen LogP contribution is 2.64. The molecule has 0 spiro atoms. The van der Waals surface area contributed by atoms with Crippen molar-refractivity contribution < 1.29 is 9.72 Å². The Kier molecular flexibility index (Phi) is 3.79. The molecule has 0 aliphatic heterocycles. The predicted molar refractivity (Wildman–Crippen MR) is 114 cm³/mol. The lowest BCUT2D eigenvalue weighted by atomic mass is 9.46. The van der Waals surface area contributed by atoms with E-state index in [9.17, 15) is 14.9 Å². The Morgan fingerprint density at radius 3 is 2.58 bits per heavy atom. The van der Waals surface area contributed by atoms with Crippen LogP contribution in [0, 0.1) is 27.4 Å². The molecule has 158 valence electrons.